The number of primary amides is 1. The van der Waals surface area contributed by atoms with Gasteiger partial charge >= 0.3 is 0 Å². The van der Waals surface area contributed by atoms with Gasteiger partial charge in [-0.1, -0.05) is 30.3 Å². The second-order valence-corrected chi connectivity index (χ2v) is 3.48. The van der Waals surface area contributed by atoms with E-state index in [0.29, 0.717) is 5.56 Å². The number of benzene rings is 1. The number of amides is 2. The van der Waals surface area contributed by atoms with Crippen molar-refractivity contribution in [1.29, 1.82) is 0 Å². The molecule has 0 spiro atoms. The zero-order valence-electron chi connectivity index (χ0n) is 8.81. The summed E-state index contributed by atoms with van der Waals surface area (Å²) >= 11 is 0. The van der Waals surface area contributed by atoms with E-state index in [2.05, 4.69) is 0 Å². The highest BCUT2D eigenvalue weighted by molar-refractivity contribution is 6.04. The lowest BCUT2D eigenvalue weighted by molar-refractivity contribution is -0.135. The van der Waals surface area contributed by atoms with E-state index < -0.39 is 11.8 Å². The van der Waals surface area contributed by atoms with Gasteiger partial charge in [-0.2, -0.15) is 0 Å². The maximum Gasteiger partial charge on any atom is 0.239 e. The molecule has 1 atom stereocenters. The number of carbonyl (C=O) groups excluding carboxylic acids is 2. The average molecular weight is 206 g/mol. The first-order valence-electron chi connectivity index (χ1n) is 4.59. The zero-order valence-corrected chi connectivity index (χ0v) is 8.81. The molecule has 1 aromatic carbocycles. The molecule has 2 N–H and O–H groups in total. The number of rotatable bonds is 3. The average Bonchev–Trinajstić information content (AvgIpc) is 2.18. The van der Waals surface area contributed by atoms with Crippen molar-refractivity contribution >= 4 is 11.8 Å². The third kappa shape index (κ3) is 2.56. The summed E-state index contributed by atoms with van der Waals surface area (Å²) in [6.45, 7) is 0. The zero-order chi connectivity index (χ0) is 11.4. The lowest BCUT2D eigenvalue weighted by Gasteiger charge is -2.17. The van der Waals surface area contributed by atoms with Gasteiger partial charge in [-0.3, -0.25) is 9.59 Å². The van der Waals surface area contributed by atoms with Crippen LogP contribution in [0.3, 0.4) is 0 Å². The van der Waals surface area contributed by atoms with Crippen LogP contribution in [0.2, 0.25) is 0 Å². The molecule has 1 unspecified atom stereocenters. The topological polar surface area (TPSA) is 63.4 Å². The molecule has 0 heterocycles. The first kappa shape index (κ1) is 11.2. The Kier molecular flexibility index (Phi) is 3.44. The van der Waals surface area contributed by atoms with Crippen LogP contribution in [0.25, 0.3) is 0 Å². The van der Waals surface area contributed by atoms with E-state index in [1.54, 1.807) is 38.4 Å². The summed E-state index contributed by atoms with van der Waals surface area (Å²) in [6.07, 6.45) is 0. The number of hydrogen-bond donors (Lipinski definition) is 1. The van der Waals surface area contributed by atoms with Gasteiger partial charge in [0.15, 0.2) is 0 Å². The molecular formula is C11H14N2O2. The predicted molar refractivity (Wildman–Crippen MR) is 57.1 cm³/mol. The number of carbonyl (C=O) groups is 2. The monoisotopic (exact) mass is 206 g/mol. The number of nitrogens with zero attached hydrogens (tertiary/aromatic N) is 1. The largest absolute Gasteiger partial charge is 0.369 e. The molecule has 0 fully saturated rings. The first-order valence-corrected chi connectivity index (χ1v) is 4.59. The highest BCUT2D eigenvalue weighted by Gasteiger charge is 2.27. The summed E-state index contributed by atoms with van der Waals surface area (Å²) in [5.41, 5.74) is 5.85. The van der Waals surface area contributed by atoms with Crippen LogP contribution in [0.4, 0.5) is 0 Å². The first-order chi connectivity index (χ1) is 7.04. The van der Waals surface area contributed by atoms with E-state index in [1.165, 1.54) is 4.90 Å². The maximum atomic E-state index is 11.7. The summed E-state index contributed by atoms with van der Waals surface area (Å²) in [4.78, 5) is 24.3. The van der Waals surface area contributed by atoms with Crippen LogP contribution in [0.5, 0.6) is 0 Å². The Morgan fingerprint density at radius 3 is 2.13 bits per heavy atom. The molecule has 4 nitrogen and oxygen atoms in total. The van der Waals surface area contributed by atoms with E-state index >= 15 is 0 Å². The molecule has 0 saturated carbocycles. The van der Waals surface area contributed by atoms with Crippen molar-refractivity contribution < 1.29 is 9.59 Å². The van der Waals surface area contributed by atoms with Gasteiger partial charge in [0.25, 0.3) is 0 Å². The second kappa shape index (κ2) is 4.59. The van der Waals surface area contributed by atoms with E-state index in [0.717, 1.165) is 0 Å². The van der Waals surface area contributed by atoms with Crippen LogP contribution in [-0.2, 0) is 9.59 Å². The molecule has 1 rings (SSSR count). The van der Waals surface area contributed by atoms with Gasteiger partial charge in [0, 0.05) is 14.1 Å². The molecule has 0 aliphatic heterocycles. The SMILES string of the molecule is CN(C)C(=O)C(C(N)=O)c1ccccc1. The lowest BCUT2D eigenvalue weighted by atomic mass is 9.97. The molecule has 1 aromatic rings. The van der Waals surface area contributed by atoms with Crippen molar-refractivity contribution in [2.75, 3.05) is 14.1 Å². The second-order valence-electron chi connectivity index (χ2n) is 3.48. The summed E-state index contributed by atoms with van der Waals surface area (Å²) in [5, 5.41) is 0. The Morgan fingerprint density at radius 1 is 1.20 bits per heavy atom. The van der Waals surface area contributed by atoms with Crippen LogP contribution >= 0.6 is 0 Å². The Hall–Kier alpha value is -1.84. The van der Waals surface area contributed by atoms with Gasteiger partial charge in [0.2, 0.25) is 11.8 Å². The molecule has 0 bridgehead atoms. The summed E-state index contributed by atoms with van der Waals surface area (Å²) in [6, 6.07) is 8.80. The van der Waals surface area contributed by atoms with Gasteiger partial charge < -0.3 is 10.6 Å². The van der Waals surface area contributed by atoms with Gasteiger partial charge in [0.05, 0.1) is 0 Å². The van der Waals surface area contributed by atoms with Crippen LogP contribution < -0.4 is 5.73 Å². The third-order valence-electron chi connectivity index (χ3n) is 2.11. The quantitative estimate of drug-likeness (QED) is 0.725. The normalized spacial score (nSPS) is 11.9. The minimum Gasteiger partial charge on any atom is -0.369 e. The summed E-state index contributed by atoms with van der Waals surface area (Å²) in [5.74, 6) is -1.81. The standard InChI is InChI=1S/C11H14N2O2/c1-13(2)11(15)9(10(12)14)8-6-4-3-5-7-8/h3-7,9H,1-2H3,(H2,12,14). The fourth-order valence-corrected chi connectivity index (χ4v) is 1.33. The molecule has 0 aliphatic rings. The van der Waals surface area contributed by atoms with Crippen LogP contribution in [-0.4, -0.2) is 30.8 Å². The predicted octanol–water partition coefficient (Wildman–Crippen LogP) is 0.344. The van der Waals surface area contributed by atoms with Crippen LogP contribution in [0.15, 0.2) is 30.3 Å². The van der Waals surface area contributed by atoms with Crippen molar-refractivity contribution in [2.45, 2.75) is 5.92 Å². The Bertz CT molecular complexity index is 360. The minimum absolute atomic E-state index is 0.297. The minimum atomic E-state index is -0.888. The number of hydrogen-bond acceptors (Lipinski definition) is 2. The molecule has 4 heteroatoms. The fraction of sp³-hybridized carbons (Fsp3) is 0.273. The van der Waals surface area contributed by atoms with Gasteiger partial charge in [-0.25, -0.2) is 0 Å². The maximum absolute atomic E-state index is 11.7. The molecule has 0 aliphatic carbocycles. The summed E-state index contributed by atoms with van der Waals surface area (Å²) < 4.78 is 0. The fourth-order valence-electron chi connectivity index (χ4n) is 1.33. The molecule has 80 valence electrons. The van der Waals surface area contributed by atoms with E-state index in [1.807, 2.05) is 6.07 Å². The van der Waals surface area contributed by atoms with Crippen LogP contribution in [0.1, 0.15) is 11.5 Å². The number of likely N-dealkylation sites (N-methyl/N-ethyl adjacent to an activating group) is 1. The highest BCUT2D eigenvalue weighted by atomic mass is 16.2. The molecule has 0 aromatic heterocycles. The van der Waals surface area contributed by atoms with Crippen LogP contribution in [0, 0.1) is 0 Å². The van der Waals surface area contributed by atoms with Crippen molar-refractivity contribution in [2.24, 2.45) is 5.73 Å². The highest BCUT2D eigenvalue weighted by Crippen LogP contribution is 2.16. The Labute approximate surface area is 88.7 Å². The van der Waals surface area contributed by atoms with Gasteiger partial charge in [-0.15, -0.1) is 0 Å². The molecule has 15 heavy (non-hydrogen) atoms. The van der Waals surface area contributed by atoms with Gasteiger partial charge in [0.1, 0.15) is 5.92 Å². The van der Waals surface area contributed by atoms with Crippen molar-refractivity contribution in [1.82, 2.24) is 4.90 Å². The molecule has 0 radical (unpaired) electrons. The van der Waals surface area contributed by atoms with E-state index in [9.17, 15) is 9.59 Å². The lowest BCUT2D eigenvalue weighted by Crippen LogP contribution is -2.36. The molecule has 0 saturated heterocycles. The van der Waals surface area contributed by atoms with E-state index in [4.69, 9.17) is 5.73 Å². The van der Waals surface area contributed by atoms with E-state index in [-0.39, 0.29) is 5.91 Å². The third-order valence-corrected chi connectivity index (χ3v) is 2.11. The van der Waals surface area contributed by atoms with Crippen molar-refractivity contribution in [3.05, 3.63) is 35.9 Å². The van der Waals surface area contributed by atoms with Gasteiger partial charge in [-0.05, 0) is 5.56 Å². The van der Waals surface area contributed by atoms with Crippen molar-refractivity contribution in [3.63, 3.8) is 0 Å². The Balaban J connectivity index is 3.05. The Morgan fingerprint density at radius 2 is 1.73 bits per heavy atom. The molecular weight excluding hydrogens is 192 g/mol. The number of nitrogens with two attached hydrogens (primary N) is 1. The van der Waals surface area contributed by atoms with Crippen molar-refractivity contribution in [3.8, 4) is 0 Å². The smallest absolute Gasteiger partial charge is 0.239 e. The molecule has 2 amide bonds. The summed E-state index contributed by atoms with van der Waals surface area (Å²) in [7, 11) is 3.20.